The molecule has 1 N–H and O–H groups in total. The standard InChI is InChI=1S/C13H14ClNOS/c1-2-15-11(8-14)13(16)10-4-3-9-5-6-17-12(9)7-10/h3-7,11,15H,2,8H2,1H3. The van der Waals surface area contributed by atoms with E-state index in [1.165, 1.54) is 5.39 Å². The first-order valence-corrected chi connectivity index (χ1v) is 6.98. The zero-order valence-electron chi connectivity index (χ0n) is 9.57. The van der Waals surface area contributed by atoms with Gasteiger partial charge in [-0.15, -0.1) is 22.9 Å². The number of carbonyl (C=O) groups is 1. The van der Waals surface area contributed by atoms with Crippen LogP contribution in [0.25, 0.3) is 10.1 Å². The quantitative estimate of drug-likeness (QED) is 0.665. The van der Waals surface area contributed by atoms with Gasteiger partial charge in [-0.3, -0.25) is 4.79 Å². The minimum atomic E-state index is -0.293. The average Bonchev–Trinajstić information content (AvgIpc) is 2.82. The molecule has 1 unspecified atom stereocenters. The third kappa shape index (κ3) is 2.68. The van der Waals surface area contributed by atoms with Crippen LogP contribution in [0.4, 0.5) is 0 Å². The van der Waals surface area contributed by atoms with Gasteiger partial charge in [-0.2, -0.15) is 0 Å². The molecule has 17 heavy (non-hydrogen) atoms. The molecule has 4 heteroatoms. The molecule has 0 amide bonds. The summed E-state index contributed by atoms with van der Waals surface area (Å²) in [5.74, 6) is 0.368. The van der Waals surface area contributed by atoms with Gasteiger partial charge in [-0.25, -0.2) is 0 Å². The zero-order valence-corrected chi connectivity index (χ0v) is 11.1. The molecule has 0 aliphatic rings. The largest absolute Gasteiger partial charge is 0.306 e. The van der Waals surface area contributed by atoms with Gasteiger partial charge in [0, 0.05) is 16.1 Å². The predicted molar refractivity (Wildman–Crippen MR) is 74.3 cm³/mol. The van der Waals surface area contributed by atoms with Crippen molar-refractivity contribution in [2.75, 3.05) is 12.4 Å². The first-order chi connectivity index (χ1) is 8.26. The predicted octanol–water partition coefficient (Wildman–Crippen LogP) is 3.30. The Morgan fingerprint density at radius 3 is 3.00 bits per heavy atom. The van der Waals surface area contributed by atoms with Crippen molar-refractivity contribution in [3.05, 3.63) is 35.2 Å². The molecular formula is C13H14ClNOS. The van der Waals surface area contributed by atoms with Crippen molar-refractivity contribution in [1.82, 2.24) is 5.32 Å². The van der Waals surface area contributed by atoms with Gasteiger partial charge in [0.15, 0.2) is 5.78 Å². The molecule has 1 atom stereocenters. The van der Waals surface area contributed by atoms with Crippen molar-refractivity contribution in [2.45, 2.75) is 13.0 Å². The molecule has 0 aliphatic heterocycles. The molecule has 1 aromatic heterocycles. The first-order valence-electron chi connectivity index (χ1n) is 5.57. The smallest absolute Gasteiger partial charge is 0.180 e. The number of hydrogen-bond donors (Lipinski definition) is 1. The van der Waals surface area contributed by atoms with Crippen LogP contribution in [0, 0.1) is 0 Å². The van der Waals surface area contributed by atoms with Crippen molar-refractivity contribution < 1.29 is 4.79 Å². The van der Waals surface area contributed by atoms with Gasteiger partial charge in [-0.1, -0.05) is 19.1 Å². The summed E-state index contributed by atoms with van der Waals surface area (Å²) >= 11 is 7.45. The van der Waals surface area contributed by atoms with Gasteiger partial charge in [0.25, 0.3) is 0 Å². The summed E-state index contributed by atoms with van der Waals surface area (Å²) in [7, 11) is 0. The molecule has 90 valence electrons. The summed E-state index contributed by atoms with van der Waals surface area (Å²) in [4.78, 5) is 12.2. The van der Waals surface area contributed by atoms with Crippen LogP contribution in [0.1, 0.15) is 17.3 Å². The van der Waals surface area contributed by atoms with Crippen LogP contribution in [-0.2, 0) is 0 Å². The van der Waals surface area contributed by atoms with E-state index < -0.39 is 0 Å². The Hall–Kier alpha value is -0.900. The maximum Gasteiger partial charge on any atom is 0.180 e. The Labute approximate surface area is 110 Å². The number of benzene rings is 1. The van der Waals surface area contributed by atoms with Gasteiger partial charge in [0.1, 0.15) is 0 Å². The lowest BCUT2D eigenvalue weighted by Gasteiger charge is -2.13. The van der Waals surface area contributed by atoms with Gasteiger partial charge >= 0.3 is 0 Å². The number of carbonyl (C=O) groups excluding carboxylic acids is 1. The van der Waals surface area contributed by atoms with Crippen LogP contribution in [0.5, 0.6) is 0 Å². The lowest BCUT2D eigenvalue weighted by molar-refractivity contribution is 0.0954. The number of nitrogens with one attached hydrogen (secondary N) is 1. The van der Waals surface area contributed by atoms with E-state index in [-0.39, 0.29) is 11.8 Å². The van der Waals surface area contributed by atoms with E-state index in [0.29, 0.717) is 5.88 Å². The van der Waals surface area contributed by atoms with Crippen molar-refractivity contribution in [3.63, 3.8) is 0 Å². The van der Waals surface area contributed by atoms with Crippen molar-refractivity contribution in [2.24, 2.45) is 0 Å². The third-order valence-electron chi connectivity index (χ3n) is 2.66. The highest BCUT2D eigenvalue weighted by atomic mass is 35.5. The number of rotatable bonds is 5. The molecule has 0 fully saturated rings. The van der Waals surface area contributed by atoms with E-state index in [1.54, 1.807) is 11.3 Å². The maximum absolute atomic E-state index is 12.2. The molecule has 2 nitrogen and oxygen atoms in total. The lowest BCUT2D eigenvalue weighted by atomic mass is 10.0. The first kappa shape index (κ1) is 12.6. The Morgan fingerprint density at radius 1 is 1.47 bits per heavy atom. The SMILES string of the molecule is CCNC(CCl)C(=O)c1ccc2ccsc2c1. The highest BCUT2D eigenvalue weighted by molar-refractivity contribution is 7.17. The number of thiophene rings is 1. The fourth-order valence-corrected chi connectivity index (χ4v) is 2.85. The number of ketones is 1. The molecule has 0 spiro atoms. The Kier molecular flexibility index (Phi) is 4.15. The van der Waals surface area contributed by atoms with Gasteiger partial charge < -0.3 is 5.32 Å². The van der Waals surface area contributed by atoms with Crippen molar-refractivity contribution in [3.8, 4) is 0 Å². The number of alkyl halides is 1. The number of fused-ring (bicyclic) bond motifs is 1. The van der Waals surface area contributed by atoms with Crippen LogP contribution in [0.2, 0.25) is 0 Å². The normalized spacial score (nSPS) is 12.8. The Bertz CT molecular complexity index is 523. The van der Waals surface area contributed by atoms with Gasteiger partial charge in [0.2, 0.25) is 0 Å². The van der Waals surface area contributed by atoms with E-state index in [9.17, 15) is 4.79 Å². The van der Waals surface area contributed by atoms with E-state index >= 15 is 0 Å². The molecule has 0 aliphatic carbocycles. The number of hydrogen-bond acceptors (Lipinski definition) is 3. The molecule has 1 heterocycles. The summed E-state index contributed by atoms with van der Waals surface area (Å²) in [5, 5.41) is 6.30. The van der Waals surface area contributed by atoms with Crippen LogP contribution in [0.15, 0.2) is 29.6 Å². The zero-order chi connectivity index (χ0) is 12.3. The molecule has 0 bridgehead atoms. The summed E-state index contributed by atoms with van der Waals surface area (Å²) in [6.07, 6.45) is 0. The molecular weight excluding hydrogens is 254 g/mol. The molecule has 0 saturated carbocycles. The minimum absolute atomic E-state index is 0.0668. The van der Waals surface area contributed by atoms with Crippen LogP contribution < -0.4 is 5.32 Å². The van der Waals surface area contributed by atoms with E-state index in [1.807, 2.05) is 30.5 Å². The van der Waals surface area contributed by atoms with E-state index in [4.69, 9.17) is 11.6 Å². The number of Topliss-reactive ketones (excluding diaryl/α,β-unsaturated/α-hetero) is 1. The molecule has 0 saturated heterocycles. The molecule has 0 radical (unpaired) electrons. The third-order valence-corrected chi connectivity index (χ3v) is 3.85. The van der Waals surface area contributed by atoms with Crippen molar-refractivity contribution >= 4 is 38.8 Å². The molecule has 2 rings (SSSR count). The summed E-state index contributed by atoms with van der Waals surface area (Å²) in [6, 6.07) is 7.56. The summed E-state index contributed by atoms with van der Waals surface area (Å²) < 4.78 is 1.14. The van der Waals surface area contributed by atoms with Crippen LogP contribution in [-0.4, -0.2) is 24.2 Å². The molecule has 2 aromatic rings. The van der Waals surface area contributed by atoms with Crippen molar-refractivity contribution in [1.29, 1.82) is 0 Å². The summed E-state index contributed by atoms with van der Waals surface area (Å²) in [6.45, 7) is 2.71. The lowest BCUT2D eigenvalue weighted by Crippen LogP contribution is -2.38. The van der Waals surface area contributed by atoms with Crippen LogP contribution >= 0.6 is 22.9 Å². The molecule has 1 aromatic carbocycles. The Balaban J connectivity index is 2.28. The van der Waals surface area contributed by atoms with Crippen LogP contribution in [0.3, 0.4) is 0 Å². The fraction of sp³-hybridized carbons (Fsp3) is 0.308. The maximum atomic E-state index is 12.2. The minimum Gasteiger partial charge on any atom is -0.306 e. The topological polar surface area (TPSA) is 29.1 Å². The second-order valence-electron chi connectivity index (χ2n) is 3.80. The number of likely N-dealkylation sites (N-methyl/N-ethyl adjacent to an activating group) is 1. The average molecular weight is 268 g/mol. The number of halogens is 1. The van der Waals surface area contributed by atoms with Gasteiger partial charge in [-0.05, 0) is 29.4 Å². The monoisotopic (exact) mass is 267 g/mol. The highest BCUT2D eigenvalue weighted by Gasteiger charge is 2.18. The summed E-state index contributed by atoms with van der Waals surface area (Å²) in [5.41, 5.74) is 0.728. The second kappa shape index (κ2) is 5.63. The van der Waals surface area contributed by atoms with Gasteiger partial charge in [0.05, 0.1) is 6.04 Å². The fourth-order valence-electron chi connectivity index (χ4n) is 1.77. The highest BCUT2D eigenvalue weighted by Crippen LogP contribution is 2.22. The second-order valence-corrected chi connectivity index (χ2v) is 5.06. The van der Waals surface area contributed by atoms with E-state index in [2.05, 4.69) is 11.4 Å². The Morgan fingerprint density at radius 2 is 2.29 bits per heavy atom. The van der Waals surface area contributed by atoms with E-state index in [0.717, 1.165) is 16.8 Å².